The first-order valence-electron chi connectivity index (χ1n) is 11.4. The van der Waals surface area contributed by atoms with Crippen LogP contribution in [-0.4, -0.2) is 20.3 Å². The van der Waals surface area contributed by atoms with Crippen molar-refractivity contribution in [2.24, 2.45) is 0 Å². The van der Waals surface area contributed by atoms with E-state index in [4.69, 9.17) is 0 Å². The molecule has 0 aromatic heterocycles. The molecule has 7 heteroatoms. The van der Waals surface area contributed by atoms with Crippen LogP contribution in [0.25, 0.3) is 22.2 Å². The number of hydrogen-bond donors (Lipinski definition) is 1. The predicted octanol–water partition coefficient (Wildman–Crippen LogP) is 5.05. The fourth-order valence-corrected chi connectivity index (χ4v) is 4.69. The van der Waals surface area contributed by atoms with Crippen LogP contribution < -0.4 is 10.9 Å². The molecule has 0 bridgehead atoms. The number of fused-ring (bicyclic) bond motifs is 3. The zero-order valence-electron chi connectivity index (χ0n) is 19.8. The second-order valence-corrected chi connectivity index (χ2v) is 8.95. The van der Waals surface area contributed by atoms with Gasteiger partial charge in [0, 0.05) is 23.8 Å². The third-order valence-corrected chi connectivity index (χ3v) is 6.17. The summed E-state index contributed by atoms with van der Waals surface area (Å²) in [7, 11) is 0. The van der Waals surface area contributed by atoms with Crippen LogP contribution in [0.5, 0.6) is 0 Å². The molecule has 1 amide bonds. The predicted molar refractivity (Wildman–Crippen MR) is 135 cm³/mol. The van der Waals surface area contributed by atoms with Gasteiger partial charge in [0.15, 0.2) is 0 Å². The van der Waals surface area contributed by atoms with Gasteiger partial charge in [-0.15, -0.1) is 0 Å². The monoisotopic (exact) mass is 468 g/mol. The number of nitrogens with one attached hydrogen (secondary N) is 1. The highest BCUT2D eigenvalue weighted by Gasteiger charge is 2.21. The lowest BCUT2D eigenvalue weighted by molar-refractivity contribution is -0.117. The maximum atomic E-state index is 13.7. The van der Waals surface area contributed by atoms with E-state index in [1.807, 2.05) is 67.8 Å². The van der Waals surface area contributed by atoms with Crippen molar-refractivity contribution in [1.82, 2.24) is 14.3 Å². The average molecular weight is 469 g/mol. The summed E-state index contributed by atoms with van der Waals surface area (Å²) < 4.78 is 16.9. The van der Waals surface area contributed by atoms with Gasteiger partial charge in [-0.05, 0) is 55.7 Å². The molecule has 176 valence electrons. The van der Waals surface area contributed by atoms with E-state index in [0.717, 1.165) is 38.8 Å². The van der Waals surface area contributed by atoms with E-state index in [0.29, 0.717) is 17.8 Å². The summed E-state index contributed by atoms with van der Waals surface area (Å²) in [5.74, 6) is -0.627. The summed E-state index contributed by atoms with van der Waals surface area (Å²) in [5.41, 5.74) is 6.06. The molecule has 3 aromatic rings. The smallest absolute Gasteiger partial charge is 0.278 e. The van der Waals surface area contributed by atoms with E-state index in [1.54, 1.807) is 12.3 Å². The highest BCUT2D eigenvalue weighted by Crippen LogP contribution is 2.28. The molecule has 0 spiro atoms. The average Bonchev–Trinajstić information content (AvgIpc) is 3.12. The van der Waals surface area contributed by atoms with Gasteiger partial charge in [0.25, 0.3) is 5.56 Å². The Labute approximate surface area is 202 Å². The molecule has 0 radical (unpaired) electrons. The second kappa shape index (κ2) is 8.83. The Balaban J connectivity index is 1.52. The van der Waals surface area contributed by atoms with Crippen LogP contribution in [0.3, 0.4) is 0 Å². The van der Waals surface area contributed by atoms with Crippen molar-refractivity contribution in [1.29, 1.82) is 0 Å². The Morgan fingerprint density at radius 3 is 2.49 bits per heavy atom. The number of nitrogens with zero attached hydrogens (tertiary/aromatic N) is 3. The molecular weight excluding hydrogens is 443 g/mol. The topological polar surface area (TPSA) is 68.9 Å². The van der Waals surface area contributed by atoms with Crippen molar-refractivity contribution in [3.8, 4) is 11.3 Å². The first-order chi connectivity index (χ1) is 16.8. The molecule has 0 unspecified atom stereocenters. The van der Waals surface area contributed by atoms with Crippen molar-refractivity contribution < 1.29 is 9.18 Å². The van der Waals surface area contributed by atoms with Crippen LogP contribution >= 0.6 is 0 Å². The van der Waals surface area contributed by atoms with E-state index >= 15 is 0 Å². The summed E-state index contributed by atoms with van der Waals surface area (Å²) in [4.78, 5) is 26.1. The van der Waals surface area contributed by atoms with Gasteiger partial charge in [-0.25, -0.2) is 9.07 Å². The molecule has 0 fully saturated rings. The van der Waals surface area contributed by atoms with Gasteiger partial charge in [0.1, 0.15) is 18.1 Å². The number of carbonyl (C=O) groups excluding carboxylic acids is 1. The third kappa shape index (κ3) is 4.33. The number of carbonyl (C=O) groups is 1. The standard InChI is InChI=1S/C28H25FN4O2/c1-17-11-18(2)26(19(3)12-17)30-25(34)16-33-28(35)23-15-32(14-20-7-6-8-21(29)13-20)24-10-5-4-9-22(24)27(23)31-33/h4-13,15H,14,16H2,1-3H3,(H,30,34). The maximum Gasteiger partial charge on any atom is 0.278 e. The number of halogens is 1. The van der Waals surface area contributed by atoms with Gasteiger partial charge in [-0.2, -0.15) is 5.10 Å². The highest BCUT2D eigenvalue weighted by atomic mass is 19.1. The van der Waals surface area contributed by atoms with E-state index in [2.05, 4.69) is 10.4 Å². The molecule has 0 saturated carbocycles. The molecular formula is C28H25FN4O2. The lowest BCUT2D eigenvalue weighted by Gasteiger charge is -2.14. The minimum Gasteiger partial charge on any atom is -0.342 e. The number of aromatic nitrogens is 3. The van der Waals surface area contributed by atoms with Crippen molar-refractivity contribution >= 4 is 22.5 Å². The summed E-state index contributed by atoms with van der Waals surface area (Å²) >= 11 is 0. The second-order valence-electron chi connectivity index (χ2n) is 8.95. The van der Waals surface area contributed by atoms with Gasteiger partial charge >= 0.3 is 0 Å². The number of benzene rings is 3. The number of rotatable bonds is 5. The quantitative estimate of drug-likeness (QED) is 0.392. The zero-order chi connectivity index (χ0) is 24.7. The van der Waals surface area contributed by atoms with Crippen LogP contribution in [0.1, 0.15) is 22.3 Å². The van der Waals surface area contributed by atoms with Gasteiger partial charge in [0.05, 0.1) is 11.1 Å². The number of para-hydroxylation sites is 1. The minimum absolute atomic E-state index is 0.196. The summed E-state index contributed by atoms with van der Waals surface area (Å²) in [6.45, 7) is 6.10. The molecule has 1 N–H and O–H groups in total. The Bertz CT molecular complexity index is 1590. The first-order valence-corrected chi connectivity index (χ1v) is 11.4. The Kier molecular flexibility index (Phi) is 5.68. The van der Waals surface area contributed by atoms with Crippen molar-refractivity contribution in [3.05, 3.63) is 105 Å². The van der Waals surface area contributed by atoms with E-state index in [9.17, 15) is 14.0 Å². The normalized spacial score (nSPS) is 11.3. The van der Waals surface area contributed by atoms with Crippen LogP contribution in [0.4, 0.5) is 10.1 Å². The Hall–Kier alpha value is -4.26. The zero-order valence-corrected chi connectivity index (χ0v) is 19.8. The summed E-state index contributed by atoms with van der Waals surface area (Å²) in [6.07, 6.45) is 1.74. The van der Waals surface area contributed by atoms with Crippen molar-refractivity contribution in [2.75, 3.05) is 5.32 Å². The van der Waals surface area contributed by atoms with Gasteiger partial charge in [-0.1, -0.05) is 48.0 Å². The minimum atomic E-state index is -0.341. The molecule has 0 atom stereocenters. The molecule has 6 nitrogen and oxygen atoms in total. The largest absolute Gasteiger partial charge is 0.342 e. The maximum absolute atomic E-state index is 13.7. The summed E-state index contributed by atoms with van der Waals surface area (Å²) in [6, 6.07) is 18.0. The van der Waals surface area contributed by atoms with E-state index in [-0.39, 0.29) is 23.8 Å². The van der Waals surface area contributed by atoms with Crippen molar-refractivity contribution in [2.45, 2.75) is 33.9 Å². The highest BCUT2D eigenvalue weighted by molar-refractivity contribution is 5.95. The van der Waals surface area contributed by atoms with Gasteiger partial charge in [-0.3, -0.25) is 9.59 Å². The fourth-order valence-electron chi connectivity index (χ4n) is 4.69. The van der Waals surface area contributed by atoms with Crippen LogP contribution in [0.2, 0.25) is 0 Å². The molecule has 2 aliphatic rings. The molecule has 0 saturated heterocycles. The molecule has 3 aromatic carbocycles. The van der Waals surface area contributed by atoms with Crippen LogP contribution in [-0.2, 0) is 17.9 Å². The summed E-state index contributed by atoms with van der Waals surface area (Å²) in [5, 5.41) is 8.24. The Morgan fingerprint density at radius 2 is 1.74 bits per heavy atom. The lowest BCUT2D eigenvalue weighted by Crippen LogP contribution is -2.26. The van der Waals surface area contributed by atoms with Gasteiger partial charge in [0.2, 0.25) is 5.91 Å². The number of aryl methyl sites for hydroxylation is 3. The first kappa shape index (κ1) is 22.5. The third-order valence-electron chi connectivity index (χ3n) is 6.17. The molecule has 2 heterocycles. The molecule has 35 heavy (non-hydrogen) atoms. The molecule has 0 aliphatic carbocycles. The number of pyridine rings is 1. The molecule has 5 rings (SSSR count). The fraction of sp³-hybridized carbons (Fsp3) is 0.179. The lowest BCUT2D eigenvalue weighted by atomic mass is 10.1. The van der Waals surface area contributed by atoms with Crippen LogP contribution in [0, 0.1) is 26.6 Å². The number of anilines is 1. The SMILES string of the molecule is Cc1cc(C)c(NC(=O)Cn2nc3c4ccccc4n(Cc4cccc(F)c4)cc-3c2=O)c(C)c1. The van der Waals surface area contributed by atoms with Crippen LogP contribution in [0.15, 0.2) is 71.7 Å². The van der Waals surface area contributed by atoms with Crippen molar-refractivity contribution in [3.63, 3.8) is 0 Å². The number of hydrogen-bond acceptors (Lipinski definition) is 3. The van der Waals surface area contributed by atoms with Gasteiger partial charge < -0.3 is 9.88 Å². The molecule has 2 aliphatic heterocycles. The van der Waals surface area contributed by atoms with E-state index < -0.39 is 0 Å². The number of amides is 1. The Morgan fingerprint density at radius 1 is 1.00 bits per heavy atom. The van der Waals surface area contributed by atoms with E-state index in [1.165, 1.54) is 16.8 Å².